The lowest BCUT2D eigenvalue weighted by Gasteiger charge is -2.20. The second-order valence-corrected chi connectivity index (χ2v) is 5.51. The highest BCUT2D eigenvalue weighted by Crippen LogP contribution is 2.31. The van der Waals surface area contributed by atoms with E-state index < -0.39 is 6.10 Å². The van der Waals surface area contributed by atoms with Gasteiger partial charge in [-0.15, -0.1) is 0 Å². The van der Waals surface area contributed by atoms with Gasteiger partial charge in [0.15, 0.2) is 0 Å². The van der Waals surface area contributed by atoms with Gasteiger partial charge in [-0.25, -0.2) is 0 Å². The number of aliphatic hydroxyl groups excluding tert-OH is 1. The Balaban J connectivity index is 1.67. The first-order chi connectivity index (χ1) is 9.69. The molecular formula is C15H20N2O3. The van der Waals surface area contributed by atoms with Gasteiger partial charge in [0.05, 0.1) is 24.3 Å². The first-order valence-electron chi connectivity index (χ1n) is 7.01. The lowest BCUT2D eigenvalue weighted by Crippen LogP contribution is -2.44. The highest BCUT2D eigenvalue weighted by Gasteiger charge is 2.35. The molecule has 0 saturated carbocycles. The zero-order chi connectivity index (χ0) is 14.1. The van der Waals surface area contributed by atoms with Gasteiger partial charge in [0.2, 0.25) is 5.91 Å². The number of rotatable bonds is 3. The van der Waals surface area contributed by atoms with Crippen LogP contribution in [0.5, 0.6) is 0 Å². The molecule has 1 heterocycles. The van der Waals surface area contributed by atoms with Crippen LogP contribution in [0.25, 0.3) is 0 Å². The summed E-state index contributed by atoms with van der Waals surface area (Å²) in [6.07, 6.45) is 0.815. The Bertz CT molecular complexity index is 506. The molecule has 1 amide bonds. The van der Waals surface area contributed by atoms with E-state index in [1.807, 2.05) is 24.3 Å². The number of aliphatic hydroxyl groups is 1. The van der Waals surface area contributed by atoms with E-state index >= 15 is 0 Å². The van der Waals surface area contributed by atoms with Crippen molar-refractivity contribution in [2.45, 2.75) is 37.1 Å². The summed E-state index contributed by atoms with van der Waals surface area (Å²) in [5.41, 5.74) is 2.13. The monoisotopic (exact) mass is 276 g/mol. The summed E-state index contributed by atoms with van der Waals surface area (Å²) >= 11 is 0. The lowest BCUT2D eigenvalue weighted by molar-refractivity contribution is -0.124. The zero-order valence-electron chi connectivity index (χ0n) is 11.5. The van der Waals surface area contributed by atoms with Gasteiger partial charge in [0, 0.05) is 20.1 Å². The van der Waals surface area contributed by atoms with Crippen LogP contribution in [0.2, 0.25) is 0 Å². The third kappa shape index (κ3) is 2.44. The van der Waals surface area contributed by atoms with E-state index in [1.165, 1.54) is 0 Å². The maximum absolute atomic E-state index is 12.3. The molecule has 5 nitrogen and oxygen atoms in total. The van der Waals surface area contributed by atoms with E-state index in [4.69, 9.17) is 4.74 Å². The highest BCUT2D eigenvalue weighted by molar-refractivity contribution is 5.82. The molecule has 4 atom stereocenters. The standard InChI is InChI=1S/C15H20N2O3/c1-20-10-7-12(16-8-10)15(19)17-14-11-5-3-2-4-9(11)6-13(14)18/h2-5,10,12-14,16,18H,6-8H2,1H3,(H,17,19)/t10?,12?,13-,14+/m1/s1. The van der Waals surface area contributed by atoms with Gasteiger partial charge in [0.25, 0.3) is 0 Å². The molecule has 1 aliphatic carbocycles. The van der Waals surface area contributed by atoms with E-state index in [2.05, 4.69) is 10.6 Å². The molecule has 2 unspecified atom stereocenters. The van der Waals surface area contributed by atoms with Crippen molar-refractivity contribution < 1.29 is 14.6 Å². The smallest absolute Gasteiger partial charge is 0.237 e. The third-order valence-electron chi connectivity index (χ3n) is 4.24. The lowest BCUT2D eigenvalue weighted by atomic mass is 10.1. The van der Waals surface area contributed by atoms with Crippen LogP contribution in [0.4, 0.5) is 0 Å². The Hall–Kier alpha value is -1.43. The fraction of sp³-hybridized carbons (Fsp3) is 0.533. The van der Waals surface area contributed by atoms with Crippen molar-refractivity contribution in [3.05, 3.63) is 35.4 Å². The van der Waals surface area contributed by atoms with Crippen LogP contribution < -0.4 is 10.6 Å². The quantitative estimate of drug-likeness (QED) is 0.734. The maximum atomic E-state index is 12.3. The molecule has 0 radical (unpaired) electrons. The third-order valence-corrected chi connectivity index (χ3v) is 4.24. The van der Waals surface area contributed by atoms with Gasteiger partial charge >= 0.3 is 0 Å². The van der Waals surface area contributed by atoms with Gasteiger partial charge < -0.3 is 20.5 Å². The molecule has 2 aliphatic rings. The summed E-state index contributed by atoms with van der Waals surface area (Å²) in [5, 5.41) is 16.3. The van der Waals surface area contributed by atoms with Crippen LogP contribution in [-0.2, 0) is 16.0 Å². The van der Waals surface area contributed by atoms with Gasteiger partial charge in [-0.05, 0) is 17.5 Å². The molecular weight excluding hydrogens is 256 g/mol. The SMILES string of the molecule is COC1CNC(C(=O)N[C@H]2c3ccccc3C[C@H]2O)C1. The maximum Gasteiger partial charge on any atom is 0.237 e. The van der Waals surface area contributed by atoms with Crippen LogP contribution in [0.3, 0.4) is 0 Å². The van der Waals surface area contributed by atoms with Gasteiger partial charge in [-0.1, -0.05) is 24.3 Å². The number of nitrogens with one attached hydrogen (secondary N) is 2. The molecule has 1 fully saturated rings. The Morgan fingerprint density at radius 1 is 1.45 bits per heavy atom. The molecule has 0 aromatic heterocycles. The average Bonchev–Trinajstić information content (AvgIpc) is 3.04. The van der Waals surface area contributed by atoms with Crippen LogP contribution in [-0.4, -0.2) is 42.9 Å². The first-order valence-corrected chi connectivity index (χ1v) is 7.01. The number of hydrogen-bond donors (Lipinski definition) is 3. The number of methoxy groups -OCH3 is 1. The summed E-state index contributed by atoms with van der Waals surface area (Å²) in [4.78, 5) is 12.3. The number of ether oxygens (including phenoxy) is 1. The zero-order valence-corrected chi connectivity index (χ0v) is 11.5. The van der Waals surface area contributed by atoms with Crippen molar-refractivity contribution in [1.29, 1.82) is 0 Å². The molecule has 1 saturated heterocycles. The topological polar surface area (TPSA) is 70.6 Å². The van der Waals surface area contributed by atoms with Gasteiger partial charge in [-0.2, -0.15) is 0 Å². The van der Waals surface area contributed by atoms with E-state index in [1.54, 1.807) is 7.11 Å². The Morgan fingerprint density at radius 2 is 2.25 bits per heavy atom. The number of fused-ring (bicyclic) bond motifs is 1. The number of benzene rings is 1. The fourth-order valence-electron chi connectivity index (χ4n) is 3.08. The van der Waals surface area contributed by atoms with Crippen LogP contribution in [0.15, 0.2) is 24.3 Å². The molecule has 0 bridgehead atoms. The molecule has 5 heteroatoms. The summed E-state index contributed by atoms with van der Waals surface area (Å²) in [7, 11) is 1.66. The van der Waals surface area contributed by atoms with Crippen molar-refractivity contribution >= 4 is 5.91 Å². The van der Waals surface area contributed by atoms with Crippen molar-refractivity contribution in [1.82, 2.24) is 10.6 Å². The van der Waals surface area contributed by atoms with E-state index in [0.29, 0.717) is 19.4 Å². The number of carbonyl (C=O) groups is 1. The summed E-state index contributed by atoms with van der Waals surface area (Å²) < 4.78 is 5.25. The van der Waals surface area contributed by atoms with Gasteiger partial charge in [0.1, 0.15) is 0 Å². The van der Waals surface area contributed by atoms with E-state index in [-0.39, 0.29) is 24.1 Å². The molecule has 108 valence electrons. The fourth-order valence-corrected chi connectivity index (χ4v) is 3.08. The minimum absolute atomic E-state index is 0.0645. The van der Waals surface area contributed by atoms with Gasteiger partial charge in [-0.3, -0.25) is 4.79 Å². The van der Waals surface area contributed by atoms with Crippen molar-refractivity contribution in [2.75, 3.05) is 13.7 Å². The Kier molecular flexibility index (Phi) is 3.74. The normalized spacial score (nSPS) is 32.1. The second kappa shape index (κ2) is 5.52. The Labute approximate surface area is 118 Å². The molecule has 3 rings (SSSR count). The van der Waals surface area contributed by atoms with Crippen LogP contribution in [0, 0.1) is 0 Å². The average molecular weight is 276 g/mol. The van der Waals surface area contributed by atoms with Crippen LogP contribution in [0.1, 0.15) is 23.6 Å². The van der Waals surface area contributed by atoms with Crippen molar-refractivity contribution in [3.8, 4) is 0 Å². The Morgan fingerprint density at radius 3 is 3.00 bits per heavy atom. The molecule has 1 aliphatic heterocycles. The number of carbonyl (C=O) groups excluding carboxylic acids is 1. The second-order valence-electron chi connectivity index (χ2n) is 5.51. The first kappa shape index (κ1) is 13.5. The van der Waals surface area contributed by atoms with Crippen LogP contribution >= 0.6 is 0 Å². The number of amides is 1. The minimum atomic E-state index is -0.545. The highest BCUT2D eigenvalue weighted by atomic mass is 16.5. The van der Waals surface area contributed by atoms with Crippen molar-refractivity contribution in [2.24, 2.45) is 0 Å². The molecule has 20 heavy (non-hydrogen) atoms. The van der Waals surface area contributed by atoms with E-state index in [0.717, 1.165) is 11.1 Å². The summed E-state index contributed by atoms with van der Waals surface area (Å²) in [6.45, 7) is 0.693. The molecule has 1 aromatic carbocycles. The molecule has 3 N–H and O–H groups in total. The summed E-state index contributed by atoms with van der Waals surface area (Å²) in [6, 6.07) is 7.32. The largest absolute Gasteiger partial charge is 0.390 e. The number of hydrogen-bond acceptors (Lipinski definition) is 4. The predicted octanol–water partition coefficient (Wildman–Crippen LogP) is 0.138. The minimum Gasteiger partial charge on any atom is -0.390 e. The molecule has 0 spiro atoms. The van der Waals surface area contributed by atoms with Crippen molar-refractivity contribution in [3.63, 3.8) is 0 Å². The predicted molar refractivity (Wildman–Crippen MR) is 74.2 cm³/mol. The molecule has 1 aromatic rings. The van der Waals surface area contributed by atoms with E-state index in [9.17, 15) is 9.90 Å². The summed E-state index contributed by atoms with van der Waals surface area (Å²) in [5.74, 6) is -0.0645.